The molecule has 5 nitrogen and oxygen atoms in total. The minimum atomic E-state index is -0.991. The number of aromatic nitrogens is 2. The lowest BCUT2D eigenvalue weighted by atomic mass is 10.1. The van der Waals surface area contributed by atoms with Crippen LogP contribution in [0.5, 0.6) is 0 Å². The molecule has 0 saturated heterocycles. The van der Waals surface area contributed by atoms with Gasteiger partial charge in [-0.25, -0.2) is 4.79 Å². The van der Waals surface area contributed by atoms with Crippen molar-refractivity contribution in [2.24, 2.45) is 0 Å². The Hall–Kier alpha value is -2.17. The summed E-state index contributed by atoms with van der Waals surface area (Å²) in [5, 5.41) is 12.2. The average Bonchev–Trinajstić information content (AvgIpc) is 2.19. The zero-order chi connectivity index (χ0) is 12.6. The number of H-pyrrole nitrogens is 1. The molecule has 2 N–H and O–H groups in total. The lowest BCUT2D eigenvalue weighted by Crippen LogP contribution is -2.44. The summed E-state index contributed by atoms with van der Waals surface area (Å²) in [5.41, 5.74) is 2.45. The normalized spacial score (nSPS) is 10.7. The summed E-state index contributed by atoms with van der Waals surface area (Å²) in [5.74, 6) is -0.991. The maximum Gasteiger partial charge on any atom is 0.372 e. The first-order valence-corrected chi connectivity index (χ1v) is 5.23. The number of fused-ring (bicyclic) bond motifs is 1. The average molecular weight is 233 g/mol. The zero-order valence-corrected chi connectivity index (χ0v) is 9.65. The van der Waals surface area contributed by atoms with Crippen molar-refractivity contribution >= 4 is 16.9 Å². The predicted octanol–water partition coefficient (Wildman–Crippen LogP) is 0.517. The molecule has 0 aliphatic rings. The van der Waals surface area contributed by atoms with Gasteiger partial charge in [0.15, 0.2) is 0 Å². The smallest absolute Gasteiger partial charge is 0.372 e. The lowest BCUT2D eigenvalue weighted by Gasteiger charge is -2.02. The molecule has 0 fully saturated rings. The third-order valence-corrected chi connectivity index (χ3v) is 2.58. The molecule has 0 saturated carbocycles. The van der Waals surface area contributed by atoms with E-state index in [1.807, 2.05) is 19.9 Å². The number of nitrogens with one attached hydrogen (secondary N) is 1. The lowest BCUT2D eigenvalue weighted by molar-refractivity contribution is -0.741. The number of benzene rings is 1. The van der Waals surface area contributed by atoms with Gasteiger partial charge in [0.25, 0.3) is 12.0 Å². The highest BCUT2D eigenvalue weighted by Crippen LogP contribution is 2.13. The number of carboxylic acids is 1. The Balaban J connectivity index is 2.73. The van der Waals surface area contributed by atoms with Gasteiger partial charge >= 0.3 is 5.97 Å². The van der Waals surface area contributed by atoms with Crippen LogP contribution in [-0.4, -0.2) is 16.2 Å². The second-order valence-corrected chi connectivity index (χ2v) is 4.13. The fraction of sp³-hybridized carbons (Fsp3) is 0.250. The first kappa shape index (κ1) is 11.3. The van der Waals surface area contributed by atoms with E-state index in [0.29, 0.717) is 10.9 Å². The van der Waals surface area contributed by atoms with Crippen molar-refractivity contribution in [2.45, 2.75) is 20.4 Å². The topological polar surface area (TPSA) is 74.0 Å². The van der Waals surface area contributed by atoms with E-state index in [2.05, 4.69) is 5.10 Å². The minimum absolute atomic E-state index is 0.174. The highest BCUT2D eigenvalue weighted by molar-refractivity contribution is 5.81. The summed E-state index contributed by atoms with van der Waals surface area (Å²) in [4.78, 5) is 22.5. The van der Waals surface area contributed by atoms with Crippen LogP contribution in [0.3, 0.4) is 0 Å². The molecule has 17 heavy (non-hydrogen) atoms. The van der Waals surface area contributed by atoms with E-state index >= 15 is 0 Å². The van der Waals surface area contributed by atoms with Crippen LogP contribution in [0, 0.1) is 13.8 Å². The van der Waals surface area contributed by atoms with Crippen LogP contribution < -0.4 is 10.1 Å². The van der Waals surface area contributed by atoms with Gasteiger partial charge in [0, 0.05) is 0 Å². The number of hydrogen-bond donors (Lipinski definition) is 2. The number of nitrogens with zero attached hydrogens (tertiary/aromatic N) is 1. The van der Waals surface area contributed by atoms with Gasteiger partial charge in [0.1, 0.15) is 5.52 Å². The molecule has 2 aromatic rings. The Morgan fingerprint density at radius 2 is 2.12 bits per heavy atom. The largest absolute Gasteiger partial charge is 0.476 e. The second-order valence-electron chi connectivity index (χ2n) is 4.13. The molecule has 0 bridgehead atoms. The Kier molecular flexibility index (Phi) is 2.67. The molecular weight excluding hydrogens is 220 g/mol. The van der Waals surface area contributed by atoms with E-state index in [0.717, 1.165) is 11.1 Å². The SMILES string of the molecule is Cc1cc(C)c2[nH][n+](CC(=O)O)cc(=O)c2c1. The number of aryl methyl sites for hydroxylation is 2. The zero-order valence-electron chi connectivity index (χ0n) is 9.65. The van der Waals surface area contributed by atoms with Gasteiger partial charge in [0.2, 0.25) is 6.20 Å². The summed E-state index contributed by atoms with van der Waals surface area (Å²) in [6, 6.07) is 3.75. The number of aromatic amines is 1. The third kappa shape index (κ3) is 2.18. The van der Waals surface area contributed by atoms with Crippen LogP contribution >= 0.6 is 0 Å². The molecule has 5 heteroatoms. The van der Waals surface area contributed by atoms with Crippen molar-refractivity contribution in [1.29, 1.82) is 0 Å². The Bertz CT molecular complexity index is 659. The Morgan fingerprint density at radius 1 is 1.41 bits per heavy atom. The first-order valence-electron chi connectivity index (χ1n) is 5.23. The molecule has 1 heterocycles. The summed E-state index contributed by atoms with van der Waals surface area (Å²) in [7, 11) is 0. The van der Waals surface area contributed by atoms with Crippen molar-refractivity contribution < 1.29 is 14.6 Å². The summed E-state index contributed by atoms with van der Waals surface area (Å²) < 4.78 is 1.29. The first-order chi connectivity index (χ1) is 7.97. The van der Waals surface area contributed by atoms with Gasteiger partial charge in [0.05, 0.1) is 5.39 Å². The van der Waals surface area contributed by atoms with Gasteiger partial charge in [-0.2, -0.15) is 5.10 Å². The Labute approximate surface area is 97.3 Å². The maximum absolute atomic E-state index is 11.9. The fourth-order valence-electron chi connectivity index (χ4n) is 1.93. The van der Waals surface area contributed by atoms with E-state index in [1.165, 1.54) is 10.9 Å². The van der Waals surface area contributed by atoms with Gasteiger partial charge in [-0.05, 0) is 31.0 Å². The number of aliphatic carboxylic acids is 1. The molecule has 0 spiro atoms. The van der Waals surface area contributed by atoms with E-state index < -0.39 is 5.97 Å². The van der Waals surface area contributed by atoms with Crippen molar-refractivity contribution in [3.63, 3.8) is 0 Å². The van der Waals surface area contributed by atoms with Crippen LogP contribution in [0.1, 0.15) is 11.1 Å². The highest BCUT2D eigenvalue weighted by Gasteiger charge is 2.13. The van der Waals surface area contributed by atoms with Crippen LogP contribution in [0.2, 0.25) is 0 Å². The van der Waals surface area contributed by atoms with E-state index in [-0.39, 0.29) is 12.0 Å². The van der Waals surface area contributed by atoms with Crippen LogP contribution in [0.15, 0.2) is 23.1 Å². The van der Waals surface area contributed by atoms with Crippen LogP contribution in [-0.2, 0) is 11.3 Å². The number of carbonyl (C=O) groups is 1. The molecule has 88 valence electrons. The quantitative estimate of drug-likeness (QED) is 0.742. The number of rotatable bonds is 2. The second kappa shape index (κ2) is 4.01. The van der Waals surface area contributed by atoms with Crippen molar-refractivity contribution in [2.75, 3.05) is 0 Å². The minimum Gasteiger partial charge on any atom is -0.476 e. The summed E-state index contributed by atoms with van der Waals surface area (Å²) in [6.07, 6.45) is 1.27. The molecule has 0 aliphatic heterocycles. The number of carboxylic acid groups (broad SMARTS) is 1. The summed E-state index contributed by atoms with van der Waals surface area (Å²) >= 11 is 0. The van der Waals surface area contributed by atoms with Crippen LogP contribution in [0.4, 0.5) is 0 Å². The number of hydrogen-bond acceptors (Lipinski definition) is 2. The molecule has 0 unspecified atom stereocenters. The van der Waals surface area contributed by atoms with Gasteiger partial charge in [-0.1, -0.05) is 6.07 Å². The Morgan fingerprint density at radius 3 is 2.76 bits per heavy atom. The molecule has 0 atom stereocenters. The highest BCUT2D eigenvalue weighted by atomic mass is 16.4. The van der Waals surface area contributed by atoms with Crippen molar-refractivity contribution in [3.8, 4) is 0 Å². The van der Waals surface area contributed by atoms with Crippen molar-refractivity contribution in [1.82, 2.24) is 5.10 Å². The van der Waals surface area contributed by atoms with E-state index in [1.54, 1.807) is 6.07 Å². The molecule has 0 aliphatic carbocycles. The van der Waals surface area contributed by atoms with Gasteiger partial charge < -0.3 is 5.11 Å². The van der Waals surface area contributed by atoms with E-state index in [9.17, 15) is 9.59 Å². The molecule has 2 rings (SSSR count). The van der Waals surface area contributed by atoms with E-state index in [4.69, 9.17) is 5.11 Å². The molecule has 1 aromatic heterocycles. The monoisotopic (exact) mass is 233 g/mol. The predicted molar refractivity (Wildman–Crippen MR) is 61.9 cm³/mol. The molecule has 0 radical (unpaired) electrons. The molecule has 0 amide bonds. The summed E-state index contributed by atoms with van der Waals surface area (Å²) in [6.45, 7) is 3.55. The van der Waals surface area contributed by atoms with Crippen LogP contribution in [0.25, 0.3) is 10.9 Å². The fourth-order valence-corrected chi connectivity index (χ4v) is 1.93. The van der Waals surface area contributed by atoms with Crippen molar-refractivity contribution in [3.05, 3.63) is 39.7 Å². The van der Waals surface area contributed by atoms with Gasteiger partial charge in [-0.15, -0.1) is 4.68 Å². The third-order valence-electron chi connectivity index (χ3n) is 2.58. The standard InChI is InChI=1S/C12H12N2O3/c1-7-3-8(2)12-9(4-7)10(15)5-14(13-12)6-11(16)17/h3-5H,6H2,1-2H3,(H-,13,15,16,17)/p+1. The maximum atomic E-state index is 11.9. The molecule has 1 aromatic carbocycles. The molecular formula is C12H13N2O3+. The van der Waals surface area contributed by atoms with Gasteiger partial charge in [-0.3, -0.25) is 4.79 Å².